The highest BCUT2D eigenvalue weighted by Crippen LogP contribution is 2.31. The van der Waals surface area contributed by atoms with Crippen molar-refractivity contribution in [2.75, 3.05) is 21.3 Å². The number of H-pyrrole nitrogens is 1. The van der Waals surface area contributed by atoms with Gasteiger partial charge in [-0.1, -0.05) is 17.7 Å². The van der Waals surface area contributed by atoms with E-state index in [0.29, 0.717) is 33.7 Å². The van der Waals surface area contributed by atoms with E-state index in [1.807, 2.05) is 0 Å². The molecule has 8 heteroatoms. The number of aromatic hydroxyl groups is 1. The van der Waals surface area contributed by atoms with Gasteiger partial charge in [0.15, 0.2) is 28.8 Å². The second kappa shape index (κ2) is 7.59. The summed E-state index contributed by atoms with van der Waals surface area (Å²) < 4.78 is 15.5. The smallest absolute Gasteiger partial charge is 0.259 e. The highest BCUT2D eigenvalue weighted by atomic mass is 35.5. The minimum Gasteiger partial charge on any atom is -0.504 e. The van der Waals surface area contributed by atoms with Gasteiger partial charge in [-0.3, -0.25) is 4.79 Å². The minimum atomic E-state index is -0.361. The topological polar surface area (TPSA) is 93.7 Å². The molecule has 0 spiro atoms. The molecule has 0 bridgehead atoms. The Morgan fingerprint density at radius 1 is 1.07 bits per heavy atom. The Kier molecular flexibility index (Phi) is 5.23. The molecule has 7 nitrogen and oxygen atoms in total. The lowest BCUT2D eigenvalue weighted by Gasteiger charge is -2.09. The molecule has 2 aromatic carbocycles. The van der Waals surface area contributed by atoms with Gasteiger partial charge in [0.1, 0.15) is 0 Å². The summed E-state index contributed by atoms with van der Waals surface area (Å²) in [5, 5.41) is 10.4. The first-order valence-corrected chi connectivity index (χ1v) is 8.25. The number of rotatable bonds is 5. The molecule has 3 rings (SSSR count). The Hall–Kier alpha value is -3.19. The van der Waals surface area contributed by atoms with E-state index in [0.717, 1.165) is 0 Å². The van der Waals surface area contributed by atoms with Crippen molar-refractivity contribution < 1.29 is 19.3 Å². The summed E-state index contributed by atoms with van der Waals surface area (Å²) in [5.74, 6) is 1.40. The van der Waals surface area contributed by atoms with E-state index >= 15 is 0 Å². The molecule has 2 N–H and O–H groups in total. The van der Waals surface area contributed by atoms with Gasteiger partial charge in [-0.15, -0.1) is 0 Å². The van der Waals surface area contributed by atoms with E-state index in [1.165, 1.54) is 27.4 Å². The van der Waals surface area contributed by atoms with Crippen LogP contribution in [0.2, 0.25) is 0 Å². The normalized spacial score (nSPS) is 11.5. The molecule has 0 radical (unpaired) electrons. The average Bonchev–Trinajstić information content (AvgIpc) is 2.67. The first-order chi connectivity index (χ1) is 13.0. The van der Waals surface area contributed by atoms with E-state index in [9.17, 15) is 9.90 Å². The third-order valence-electron chi connectivity index (χ3n) is 3.93. The van der Waals surface area contributed by atoms with Crippen molar-refractivity contribution in [2.45, 2.75) is 0 Å². The van der Waals surface area contributed by atoms with Crippen LogP contribution in [-0.4, -0.2) is 36.4 Å². The Morgan fingerprint density at radius 2 is 1.74 bits per heavy atom. The molecular weight excluding hydrogens is 372 g/mol. The summed E-state index contributed by atoms with van der Waals surface area (Å²) in [6.07, 6.45) is 1.57. The fourth-order valence-corrected chi connectivity index (χ4v) is 2.81. The van der Waals surface area contributed by atoms with Crippen LogP contribution < -0.4 is 19.8 Å². The maximum atomic E-state index is 12.4. The fraction of sp³-hybridized carbons (Fsp3) is 0.158. The number of ether oxygens (including phenoxy) is 3. The zero-order valence-electron chi connectivity index (χ0n) is 14.9. The predicted molar refractivity (Wildman–Crippen MR) is 104 cm³/mol. The fourth-order valence-electron chi connectivity index (χ4n) is 2.59. The number of benzene rings is 2. The van der Waals surface area contributed by atoms with Crippen LogP contribution in [0.25, 0.3) is 22.0 Å². The van der Waals surface area contributed by atoms with Crippen LogP contribution in [-0.2, 0) is 0 Å². The van der Waals surface area contributed by atoms with Crippen LogP contribution in [0.3, 0.4) is 0 Å². The molecule has 0 amide bonds. The molecule has 0 fully saturated rings. The lowest BCUT2D eigenvalue weighted by Crippen LogP contribution is -2.11. The predicted octanol–water partition coefficient (Wildman–Crippen LogP) is 3.39. The second-order valence-electron chi connectivity index (χ2n) is 5.56. The van der Waals surface area contributed by atoms with E-state index in [1.54, 1.807) is 30.3 Å². The zero-order valence-corrected chi connectivity index (χ0v) is 15.6. The number of nitrogens with one attached hydrogen (secondary N) is 1. The van der Waals surface area contributed by atoms with Gasteiger partial charge in [-0.25, -0.2) is 4.98 Å². The van der Waals surface area contributed by atoms with Crippen LogP contribution in [0, 0.1) is 0 Å². The second-order valence-corrected chi connectivity index (χ2v) is 5.97. The molecule has 3 aromatic rings. The molecule has 1 heterocycles. The van der Waals surface area contributed by atoms with E-state index in [2.05, 4.69) is 9.97 Å². The molecule has 27 heavy (non-hydrogen) atoms. The van der Waals surface area contributed by atoms with Gasteiger partial charge in [0.05, 0.1) is 37.3 Å². The van der Waals surface area contributed by atoms with Crippen molar-refractivity contribution in [3.05, 3.63) is 52.1 Å². The van der Waals surface area contributed by atoms with Gasteiger partial charge in [0.2, 0.25) is 0 Å². The van der Waals surface area contributed by atoms with Gasteiger partial charge < -0.3 is 24.3 Å². The number of phenols is 1. The van der Waals surface area contributed by atoms with Crippen LogP contribution in [0.5, 0.6) is 23.0 Å². The molecule has 0 unspecified atom stereocenters. The maximum Gasteiger partial charge on any atom is 0.259 e. The molecule has 0 aliphatic carbocycles. The number of methoxy groups -OCH3 is 3. The summed E-state index contributed by atoms with van der Waals surface area (Å²) in [6, 6.07) is 7.99. The van der Waals surface area contributed by atoms with E-state index in [-0.39, 0.29) is 22.2 Å². The molecular formula is C19H17ClN2O5. The first kappa shape index (κ1) is 18.6. The van der Waals surface area contributed by atoms with Gasteiger partial charge in [-0.2, -0.15) is 0 Å². The van der Waals surface area contributed by atoms with Crippen molar-refractivity contribution >= 4 is 33.6 Å². The average molecular weight is 389 g/mol. The number of aromatic amines is 1. The van der Waals surface area contributed by atoms with E-state index in [4.69, 9.17) is 25.8 Å². The van der Waals surface area contributed by atoms with E-state index < -0.39 is 0 Å². The van der Waals surface area contributed by atoms with Gasteiger partial charge >= 0.3 is 0 Å². The number of hydrogen-bond acceptors (Lipinski definition) is 6. The van der Waals surface area contributed by atoms with Gasteiger partial charge in [0.25, 0.3) is 5.56 Å². The number of fused-ring (bicyclic) bond motifs is 1. The van der Waals surface area contributed by atoms with Crippen molar-refractivity contribution in [2.24, 2.45) is 0 Å². The number of aromatic nitrogens is 2. The van der Waals surface area contributed by atoms with Gasteiger partial charge in [0, 0.05) is 6.07 Å². The van der Waals surface area contributed by atoms with Gasteiger partial charge in [-0.05, 0) is 29.8 Å². The largest absolute Gasteiger partial charge is 0.504 e. The molecule has 0 aliphatic rings. The highest BCUT2D eigenvalue weighted by Gasteiger charge is 2.12. The third-order valence-corrected chi connectivity index (χ3v) is 4.22. The summed E-state index contributed by atoms with van der Waals surface area (Å²) >= 11 is 6.33. The molecule has 0 saturated heterocycles. The number of nitrogens with zero attached hydrogens (tertiary/aromatic N) is 1. The van der Waals surface area contributed by atoms with Crippen LogP contribution in [0.4, 0.5) is 0 Å². The zero-order chi connectivity index (χ0) is 19.6. The van der Waals surface area contributed by atoms with Crippen molar-refractivity contribution in [1.29, 1.82) is 0 Å². The Morgan fingerprint density at radius 3 is 2.37 bits per heavy atom. The van der Waals surface area contributed by atoms with Crippen molar-refractivity contribution in [3.8, 4) is 23.0 Å². The number of hydrogen-bond donors (Lipinski definition) is 2. The van der Waals surface area contributed by atoms with Crippen molar-refractivity contribution in [1.82, 2.24) is 9.97 Å². The number of halogens is 1. The summed E-state index contributed by atoms with van der Waals surface area (Å²) in [4.78, 5) is 19.5. The minimum absolute atomic E-state index is 0.0208. The monoisotopic (exact) mass is 388 g/mol. The highest BCUT2D eigenvalue weighted by molar-refractivity contribution is 6.50. The Bertz CT molecular complexity index is 1090. The lowest BCUT2D eigenvalue weighted by molar-refractivity contribution is 0.355. The summed E-state index contributed by atoms with van der Waals surface area (Å²) in [5.41, 5.74) is 0.670. The molecule has 1 aromatic heterocycles. The molecule has 0 aliphatic heterocycles. The standard InChI is InChI=1S/C19H17ClN2O5/c1-25-15-5-4-10(7-14(15)23)6-12(20)18-21-13-9-17(27-3)16(26-2)8-11(13)19(24)22-18/h4-9,23H,1-3H3,(H,21,22,24). The Labute approximate surface area is 159 Å². The molecule has 0 saturated carbocycles. The number of phenolic OH excluding ortho intramolecular Hbond substituents is 1. The quantitative estimate of drug-likeness (QED) is 0.695. The van der Waals surface area contributed by atoms with Crippen molar-refractivity contribution in [3.63, 3.8) is 0 Å². The first-order valence-electron chi connectivity index (χ1n) is 7.87. The third kappa shape index (κ3) is 3.68. The SMILES string of the molecule is COc1ccc(C=C(Cl)c2nc3cc(OC)c(OC)cc3c(=O)[nH]2)cc1O. The summed E-state index contributed by atoms with van der Waals surface area (Å²) in [6.45, 7) is 0. The lowest BCUT2D eigenvalue weighted by atomic mass is 10.2. The molecule has 0 atom stereocenters. The van der Waals surface area contributed by atoms with Crippen LogP contribution in [0.15, 0.2) is 35.1 Å². The van der Waals surface area contributed by atoms with Crippen LogP contribution in [0.1, 0.15) is 11.4 Å². The maximum absolute atomic E-state index is 12.4. The molecule has 140 valence electrons. The summed E-state index contributed by atoms with van der Waals surface area (Å²) in [7, 11) is 4.45. The Balaban J connectivity index is 2.08. The van der Waals surface area contributed by atoms with Crippen LogP contribution >= 0.6 is 11.6 Å².